The number of hydrogen-bond donors (Lipinski definition) is 2. The first kappa shape index (κ1) is 30.8. The van der Waals surface area contributed by atoms with E-state index in [4.69, 9.17) is 0 Å². The van der Waals surface area contributed by atoms with Crippen molar-refractivity contribution < 1.29 is 19.2 Å². The molecule has 45 heavy (non-hydrogen) atoms. The Labute approximate surface area is 264 Å². The molecule has 1 aliphatic carbocycles. The Bertz CT molecular complexity index is 1620. The number of nitrogens with one attached hydrogen (secondary N) is 2. The Balaban J connectivity index is 1.34. The van der Waals surface area contributed by atoms with Crippen molar-refractivity contribution in [2.45, 2.75) is 77.3 Å². The Morgan fingerprint density at radius 1 is 0.933 bits per heavy atom. The standard InChI is InChI=1S/C36H43N5O4/c1-22(37-5)33(43)38-32(36(2,3)4)35(45)40-21-31(42)41-29(17-23-14-15-24-10-6-7-11-25(24)16-23)34(44)39(20-30(40)41)28-18-26-12-8-9-13-27(26)19-28/h6-16,22,28-30,32,37H,17-21H2,1-5H3,(H,38,43)/t22-,29-,30+,32+/m0/s1. The molecule has 2 N–H and O–H groups in total. The van der Waals surface area contributed by atoms with Crippen LogP contribution in [0.2, 0.25) is 0 Å². The molecular formula is C36H43N5O4. The van der Waals surface area contributed by atoms with Gasteiger partial charge in [0.1, 0.15) is 24.8 Å². The van der Waals surface area contributed by atoms with Crippen LogP contribution in [-0.2, 0) is 38.4 Å². The van der Waals surface area contributed by atoms with Gasteiger partial charge in [-0.1, -0.05) is 87.5 Å². The monoisotopic (exact) mass is 609 g/mol. The van der Waals surface area contributed by atoms with Crippen molar-refractivity contribution in [1.29, 1.82) is 0 Å². The third-order valence-electron chi connectivity index (χ3n) is 9.76. The lowest BCUT2D eigenvalue weighted by molar-refractivity contribution is -0.159. The van der Waals surface area contributed by atoms with Crippen LogP contribution in [0, 0.1) is 5.41 Å². The number of piperazine rings is 1. The minimum Gasteiger partial charge on any atom is -0.342 e. The first-order chi connectivity index (χ1) is 21.5. The fourth-order valence-corrected chi connectivity index (χ4v) is 7.09. The lowest BCUT2D eigenvalue weighted by Gasteiger charge is -2.47. The van der Waals surface area contributed by atoms with E-state index in [0.717, 1.165) is 29.2 Å². The minimum atomic E-state index is -0.852. The highest BCUT2D eigenvalue weighted by atomic mass is 16.2. The van der Waals surface area contributed by atoms with Crippen LogP contribution in [0.1, 0.15) is 44.4 Å². The molecule has 3 aromatic carbocycles. The number of amides is 4. The van der Waals surface area contributed by atoms with Crippen molar-refractivity contribution in [1.82, 2.24) is 25.3 Å². The maximum Gasteiger partial charge on any atom is 0.247 e. The summed E-state index contributed by atoms with van der Waals surface area (Å²) < 4.78 is 0. The van der Waals surface area contributed by atoms with Crippen LogP contribution in [0.25, 0.3) is 10.8 Å². The van der Waals surface area contributed by atoms with Crippen LogP contribution in [0.15, 0.2) is 66.7 Å². The van der Waals surface area contributed by atoms with E-state index in [1.54, 1.807) is 23.8 Å². The molecule has 0 bridgehead atoms. The zero-order valence-electron chi connectivity index (χ0n) is 26.7. The summed E-state index contributed by atoms with van der Waals surface area (Å²) >= 11 is 0. The first-order valence-electron chi connectivity index (χ1n) is 15.9. The molecule has 4 atom stereocenters. The van der Waals surface area contributed by atoms with Gasteiger partial charge in [0.25, 0.3) is 0 Å². The van der Waals surface area contributed by atoms with Crippen LogP contribution in [0.3, 0.4) is 0 Å². The van der Waals surface area contributed by atoms with Gasteiger partial charge in [-0.25, -0.2) is 0 Å². The number of hydrogen-bond acceptors (Lipinski definition) is 5. The van der Waals surface area contributed by atoms with Gasteiger partial charge >= 0.3 is 0 Å². The summed E-state index contributed by atoms with van der Waals surface area (Å²) in [5.74, 6) is -0.923. The molecule has 0 radical (unpaired) electrons. The summed E-state index contributed by atoms with van der Waals surface area (Å²) in [5, 5.41) is 8.05. The summed E-state index contributed by atoms with van der Waals surface area (Å²) in [6, 6.07) is 20.4. The van der Waals surface area contributed by atoms with Crippen molar-refractivity contribution in [2.75, 3.05) is 20.1 Å². The van der Waals surface area contributed by atoms with Crippen molar-refractivity contribution in [2.24, 2.45) is 5.41 Å². The summed E-state index contributed by atoms with van der Waals surface area (Å²) in [5.41, 5.74) is 2.81. The number of rotatable bonds is 7. The van der Waals surface area contributed by atoms with Crippen LogP contribution < -0.4 is 10.6 Å². The molecule has 236 valence electrons. The SMILES string of the molecule is CN[C@@H](C)C(=O)N[C@H](C(=O)N1CC(=O)N2[C@@H]1CN(C1Cc3ccccc3C1)C(=O)[C@@H]2Cc1ccc2ccccc2c1)C(C)(C)C. The van der Waals surface area contributed by atoms with Crippen LogP contribution in [0.4, 0.5) is 0 Å². The predicted octanol–water partition coefficient (Wildman–Crippen LogP) is 2.90. The Morgan fingerprint density at radius 3 is 2.22 bits per heavy atom. The number of carbonyl (C=O) groups is 4. The molecule has 2 heterocycles. The number of fused-ring (bicyclic) bond motifs is 3. The van der Waals surface area contributed by atoms with Crippen LogP contribution in [0.5, 0.6) is 0 Å². The number of nitrogens with zero attached hydrogens (tertiary/aromatic N) is 3. The second-order valence-electron chi connectivity index (χ2n) is 13.8. The van der Waals surface area contributed by atoms with E-state index >= 15 is 0 Å². The second kappa shape index (κ2) is 11.9. The second-order valence-corrected chi connectivity index (χ2v) is 13.8. The van der Waals surface area contributed by atoms with E-state index < -0.39 is 29.7 Å². The highest BCUT2D eigenvalue weighted by molar-refractivity contribution is 5.97. The average molecular weight is 610 g/mol. The summed E-state index contributed by atoms with van der Waals surface area (Å²) in [6.45, 7) is 7.57. The lowest BCUT2D eigenvalue weighted by atomic mass is 9.85. The van der Waals surface area contributed by atoms with Gasteiger partial charge in [0.05, 0.1) is 12.6 Å². The van der Waals surface area contributed by atoms with E-state index in [-0.39, 0.29) is 42.8 Å². The van der Waals surface area contributed by atoms with E-state index in [1.807, 2.05) is 68.1 Å². The van der Waals surface area contributed by atoms with Gasteiger partial charge in [-0.05, 0) is 59.7 Å². The van der Waals surface area contributed by atoms with Crippen LogP contribution in [-0.4, -0.2) is 88.8 Å². The van der Waals surface area contributed by atoms with E-state index in [1.165, 1.54) is 11.1 Å². The molecule has 0 unspecified atom stereocenters. The van der Waals surface area contributed by atoms with Crippen LogP contribution >= 0.6 is 0 Å². The Morgan fingerprint density at radius 2 is 1.58 bits per heavy atom. The van der Waals surface area contributed by atoms with Gasteiger partial charge < -0.3 is 25.3 Å². The molecule has 9 nitrogen and oxygen atoms in total. The summed E-state index contributed by atoms with van der Waals surface area (Å²) in [4.78, 5) is 60.7. The summed E-state index contributed by atoms with van der Waals surface area (Å²) in [6.07, 6.45) is 1.20. The molecule has 0 saturated carbocycles. The molecule has 2 saturated heterocycles. The third-order valence-corrected chi connectivity index (χ3v) is 9.76. The lowest BCUT2D eigenvalue weighted by Crippen LogP contribution is -2.67. The van der Waals surface area contributed by atoms with E-state index in [2.05, 4.69) is 34.9 Å². The Kier molecular flexibility index (Phi) is 8.16. The molecule has 9 heteroatoms. The van der Waals surface area contributed by atoms with Crippen molar-refractivity contribution >= 4 is 34.4 Å². The fraction of sp³-hybridized carbons (Fsp3) is 0.444. The van der Waals surface area contributed by atoms with Crippen molar-refractivity contribution in [3.63, 3.8) is 0 Å². The van der Waals surface area contributed by atoms with Crippen molar-refractivity contribution in [3.05, 3.63) is 83.4 Å². The number of benzene rings is 3. The van der Waals surface area contributed by atoms with E-state index in [0.29, 0.717) is 6.42 Å². The molecule has 2 aliphatic heterocycles. The molecule has 6 rings (SSSR count). The molecule has 4 amide bonds. The summed E-state index contributed by atoms with van der Waals surface area (Å²) in [7, 11) is 1.69. The topological polar surface area (TPSA) is 102 Å². The first-order valence-corrected chi connectivity index (χ1v) is 15.9. The third kappa shape index (κ3) is 5.81. The van der Waals surface area contributed by atoms with Gasteiger partial charge in [-0.2, -0.15) is 0 Å². The molecule has 3 aliphatic rings. The normalized spacial score (nSPS) is 21.6. The van der Waals surface area contributed by atoms with Gasteiger partial charge in [-0.15, -0.1) is 0 Å². The van der Waals surface area contributed by atoms with E-state index in [9.17, 15) is 19.2 Å². The molecular weight excluding hydrogens is 566 g/mol. The maximum atomic E-state index is 14.4. The van der Waals surface area contributed by atoms with Gasteiger partial charge in [0.15, 0.2) is 0 Å². The zero-order valence-corrected chi connectivity index (χ0v) is 26.7. The molecule has 2 fully saturated rings. The highest BCUT2D eigenvalue weighted by Gasteiger charge is 2.54. The highest BCUT2D eigenvalue weighted by Crippen LogP contribution is 2.35. The molecule has 3 aromatic rings. The molecule has 0 spiro atoms. The number of likely N-dealkylation sites (N-methyl/N-ethyl adjacent to an activating group) is 1. The number of carbonyl (C=O) groups excluding carboxylic acids is 4. The fourth-order valence-electron chi connectivity index (χ4n) is 7.09. The average Bonchev–Trinajstić information content (AvgIpc) is 3.60. The minimum absolute atomic E-state index is 0.0570. The van der Waals surface area contributed by atoms with Gasteiger partial charge in [-0.3, -0.25) is 19.2 Å². The zero-order chi connectivity index (χ0) is 32.0. The van der Waals surface area contributed by atoms with Gasteiger partial charge in [0.2, 0.25) is 23.6 Å². The maximum absolute atomic E-state index is 14.4. The predicted molar refractivity (Wildman–Crippen MR) is 173 cm³/mol. The van der Waals surface area contributed by atoms with Gasteiger partial charge in [0, 0.05) is 12.5 Å². The smallest absolute Gasteiger partial charge is 0.247 e. The Hall–Kier alpha value is -4.24. The van der Waals surface area contributed by atoms with Crippen molar-refractivity contribution in [3.8, 4) is 0 Å². The largest absolute Gasteiger partial charge is 0.342 e. The quantitative estimate of drug-likeness (QED) is 0.429. The molecule has 0 aromatic heterocycles.